The van der Waals surface area contributed by atoms with Crippen LogP contribution in [0.5, 0.6) is 11.6 Å². The Morgan fingerprint density at radius 2 is 2.05 bits per heavy atom. The first-order valence-electron chi connectivity index (χ1n) is 12.8. The van der Waals surface area contributed by atoms with Crippen molar-refractivity contribution in [1.29, 1.82) is 0 Å². The van der Waals surface area contributed by atoms with Crippen molar-refractivity contribution in [3.05, 3.63) is 51.8 Å². The molecule has 0 bridgehead atoms. The number of carbonyl (C=O) groups is 1. The molecule has 0 radical (unpaired) electrons. The molecule has 5 rings (SSSR count). The molecular weight excluding hydrogens is 494 g/mol. The van der Waals surface area contributed by atoms with E-state index in [1.54, 1.807) is 14.2 Å². The van der Waals surface area contributed by atoms with Crippen molar-refractivity contribution in [2.45, 2.75) is 45.9 Å². The van der Waals surface area contributed by atoms with Gasteiger partial charge in [0.2, 0.25) is 5.88 Å². The topological polar surface area (TPSA) is 75.1 Å². The molecule has 198 valence electrons. The minimum Gasteiger partial charge on any atom is -0.496 e. The molecule has 1 atom stereocenters. The summed E-state index contributed by atoms with van der Waals surface area (Å²) in [5, 5.41) is 1.42. The molecule has 2 aliphatic rings. The van der Waals surface area contributed by atoms with E-state index in [0.29, 0.717) is 61.7 Å². The van der Waals surface area contributed by atoms with Gasteiger partial charge in [-0.15, -0.1) is 0 Å². The molecule has 1 aromatic carbocycles. The fourth-order valence-electron chi connectivity index (χ4n) is 5.20. The Balaban J connectivity index is 1.55. The Kier molecular flexibility index (Phi) is 7.60. The van der Waals surface area contributed by atoms with Crippen LogP contribution in [0.3, 0.4) is 0 Å². The zero-order chi connectivity index (χ0) is 26.1. The van der Waals surface area contributed by atoms with E-state index in [2.05, 4.69) is 22.5 Å². The number of hydrogen-bond acceptors (Lipinski definition) is 6. The van der Waals surface area contributed by atoms with Crippen molar-refractivity contribution >= 4 is 28.4 Å². The molecule has 0 N–H and O–H groups in total. The minimum absolute atomic E-state index is 0.129. The van der Waals surface area contributed by atoms with Crippen molar-refractivity contribution in [3.63, 3.8) is 0 Å². The first-order chi connectivity index (χ1) is 18.0. The molecule has 3 aromatic rings. The Morgan fingerprint density at radius 1 is 1.24 bits per heavy atom. The van der Waals surface area contributed by atoms with Crippen molar-refractivity contribution in [2.75, 3.05) is 40.6 Å². The Morgan fingerprint density at radius 3 is 2.73 bits per heavy atom. The van der Waals surface area contributed by atoms with Crippen LogP contribution in [0.1, 0.15) is 53.0 Å². The van der Waals surface area contributed by atoms with Crippen LogP contribution in [-0.4, -0.2) is 60.9 Å². The van der Waals surface area contributed by atoms with Gasteiger partial charge in [0.15, 0.2) is 0 Å². The molecule has 4 heterocycles. The molecule has 8 nitrogen and oxygen atoms in total. The monoisotopic (exact) mass is 527 g/mol. The molecule has 1 saturated heterocycles. The summed E-state index contributed by atoms with van der Waals surface area (Å²) in [6, 6.07) is 5.97. The minimum atomic E-state index is -0.241. The third-order valence-corrected chi connectivity index (χ3v) is 7.67. The SMILES string of the molecule is CCCCOc1nc(C)cc(OC)c1CN1CCn2ccc3cc(C(OC)C4COC4)c(Cl)c(c32)C1=O. The lowest BCUT2D eigenvalue weighted by Gasteiger charge is -2.34. The first kappa shape index (κ1) is 25.8. The van der Waals surface area contributed by atoms with Gasteiger partial charge in [-0.1, -0.05) is 24.9 Å². The van der Waals surface area contributed by atoms with Crippen LogP contribution in [0.4, 0.5) is 0 Å². The normalized spacial score (nSPS) is 16.6. The number of amides is 1. The predicted molar refractivity (Wildman–Crippen MR) is 142 cm³/mol. The summed E-state index contributed by atoms with van der Waals surface area (Å²) >= 11 is 7.04. The average molecular weight is 528 g/mol. The van der Waals surface area contributed by atoms with E-state index >= 15 is 0 Å². The van der Waals surface area contributed by atoms with Gasteiger partial charge in [0.05, 0.1) is 61.2 Å². The highest BCUT2D eigenvalue weighted by atomic mass is 35.5. The quantitative estimate of drug-likeness (QED) is 0.338. The fourth-order valence-corrected chi connectivity index (χ4v) is 5.53. The second kappa shape index (κ2) is 10.9. The average Bonchev–Trinajstić information content (AvgIpc) is 3.20. The molecule has 2 aromatic heterocycles. The molecule has 9 heteroatoms. The number of aromatic nitrogens is 2. The van der Waals surface area contributed by atoms with Gasteiger partial charge in [-0.3, -0.25) is 4.79 Å². The van der Waals surface area contributed by atoms with E-state index < -0.39 is 0 Å². The highest BCUT2D eigenvalue weighted by molar-refractivity contribution is 6.36. The van der Waals surface area contributed by atoms with Gasteiger partial charge in [-0.25, -0.2) is 4.98 Å². The number of ether oxygens (including phenoxy) is 4. The van der Waals surface area contributed by atoms with Crippen LogP contribution >= 0.6 is 11.6 Å². The largest absolute Gasteiger partial charge is 0.496 e. The van der Waals surface area contributed by atoms with Crippen LogP contribution in [0, 0.1) is 12.8 Å². The van der Waals surface area contributed by atoms with Crippen LogP contribution in [0.2, 0.25) is 5.02 Å². The summed E-state index contributed by atoms with van der Waals surface area (Å²) in [7, 11) is 3.31. The Hall–Kier alpha value is -2.81. The van der Waals surface area contributed by atoms with E-state index in [1.165, 1.54) is 0 Å². The van der Waals surface area contributed by atoms with E-state index in [4.69, 9.17) is 30.5 Å². The number of benzene rings is 1. The highest BCUT2D eigenvalue weighted by Gasteiger charge is 2.35. The Labute approximate surface area is 222 Å². The van der Waals surface area contributed by atoms with E-state index in [1.807, 2.05) is 30.2 Å². The predicted octanol–water partition coefficient (Wildman–Crippen LogP) is 5.18. The van der Waals surface area contributed by atoms with Crippen LogP contribution in [0.15, 0.2) is 24.4 Å². The number of nitrogens with zero attached hydrogens (tertiary/aromatic N) is 3. The summed E-state index contributed by atoms with van der Waals surface area (Å²) in [5.74, 6) is 1.24. The molecule has 37 heavy (non-hydrogen) atoms. The standard InChI is InChI=1S/C28H34ClN3O5/c1-5-6-11-37-27-21(22(34-3)12-17(2)30-27)14-32-10-9-31-8-7-18-13-20(26(35-4)19-15-36-16-19)24(29)23(25(18)31)28(32)33/h7-8,12-13,19,26H,5-6,9-11,14-16H2,1-4H3. The third-order valence-electron chi connectivity index (χ3n) is 7.26. The van der Waals surface area contributed by atoms with Gasteiger partial charge < -0.3 is 28.4 Å². The van der Waals surface area contributed by atoms with Crippen molar-refractivity contribution in [2.24, 2.45) is 5.92 Å². The number of aryl methyl sites for hydroxylation is 1. The smallest absolute Gasteiger partial charge is 0.257 e. The van der Waals surface area contributed by atoms with Crippen molar-refractivity contribution in [1.82, 2.24) is 14.5 Å². The van der Waals surface area contributed by atoms with Crippen LogP contribution in [-0.2, 0) is 22.6 Å². The molecule has 1 unspecified atom stereocenters. The molecule has 1 amide bonds. The van der Waals surface area contributed by atoms with E-state index in [0.717, 1.165) is 40.6 Å². The lowest BCUT2D eigenvalue weighted by atomic mass is 9.91. The van der Waals surface area contributed by atoms with Gasteiger partial charge in [0.25, 0.3) is 5.91 Å². The van der Waals surface area contributed by atoms with Crippen LogP contribution in [0.25, 0.3) is 10.9 Å². The fraction of sp³-hybridized carbons (Fsp3) is 0.500. The zero-order valence-electron chi connectivity index (χ0n) is 21.9. The van der Waals surface area contributed by atoms with Gasteiger partial charge in [0.1, 0.15) is 5.75 Å². The zero-order valence-corrected chi connectivity index (χ0v) is 22.6. The molecule has 0 aliphatic carbocycles. The maximum absolute atomic E-state index is 14.2. The third kappa shape index (κ3) is 4.78. The van der Waals surface area contributed by atoms with Gasteiger partial charge >= 0.3 is 0 Å². The molecular formula is C28H34ClN3O5. The molecule has 0 spiro atoms. The summed E-state index contributed by atoms with van der Waals surface area (Å²) in [6.45, 7) is 7.27. The summed E-state index contributed by atoms with van der Waals surface area (Å²) < 4.78 is 25.1. The Bertz CT molecular complexity index is 1300. The number of halogens is 1. The number of carbonyl (C=O) groups excluding carboxylic acids is 1. The lowest BCUT2D eigenvalue weighted by molar-refractivity contribution is -0.105. The molecule has 0 saturated carbocycles. The highest BCUT2D eigenvalue weighted by Crippen LogP contribution is 2.41. The summed E-state index contributed by atoms with van der Waals surface area (Å²) in [5.41, 5.74) is 3.74. The first-order valence-corrected chi connectivity index (χ1v) is 13.2. The number of pyridine rings is 1. The van der Waals surface area contributed by atoms with Gasteiger partial charge in [-0.2, -0.15) is 0 Å². The lowest BCUT2D eigenvalue weighted by Crippen LogP contribution is -2.35. The maximum atomic E-state index is 14.2. The molecule has 1 fully saturated rings. The van der Waals surface area contributed by atoms with Crippen LogP contribution < -0.4 is 9.47 Å². The summed E-state index contributed by atoms with van der Waals surface area (Å²) in [6.07, 6.45) is 3.71. The van der Waals surface area contributed by atoms with Crippen molar-refractivity contribution in [3.8, 4) is 11.6 Å². The van der Waals surface area contributed by atoms with E-state index in [9.17, 15) is 4.79 Å². The number of unbranched alkanes of at least 4 members (excludes halogenated alkanes) is 1. The van der Waals surface area contributed by atoms with Gasteiger partial charge in [-0.05, 0) is 25.5 Å². The summed E-state index contributed by atoms with van der Waals surface area (Å²) in [4.78, 5) is 20.6. The van der Waals surface area contributed by atoms with Gasteiger partial charge in [0, 0.05) is 55.0 Å². The number of hydrogen-bond donors (Lipinski definition) is 0. The second-order valence-electron chi connectivity index (χ2n) is 9.73. The van der Waals surface area contributed by atoms with E-state index in [-0.39, 0.29) is 17.9 Å². The number of rotatable bonds is 10. The second-order valence-corrected chi connectivity index (χ2v) is 10.1. The maximum Gasteiger partial charge on any atom is 0.257 e. The van der Waals surface area contributed by atoms with Crippen molar-refractivity contribution < 1.29 is 23.7 Å². The number of methoxy groups -OCH3 is 2. The molecule has 2 aliphatic heterocycles.